The van der Waals surface area contributed by atoms with Gasteiger partial charge in [0.05, 0.1) is 6.61 Å². The van der Waals surface area contributed by atoms with Crippen molar-refractivity contribution in [3.63, 3.8) is 0 Å². The lowest BCUT2D eigenvalue weighted by atomic mass is 10.0. The molecule has 1 aromatic heterocycles. The quantitative estimate of drug-likeness (QED) is 0.228. The highest BCUT2D eigenvalue weighted by atomic mass is 16.5. The van der Waals surface area contributed by atoms with Crippen molar-refractivity contribution in [3.8, 4) is 0 Å². The normalized spacial score (nSPS) is 11.1. The summed E-state index contributed by atoms with van der Waals surface area (Å²) in [5.74, 6) is 0. The van der Waals surface area contributed by atoms with E-state index in [0.29, 0.717) is 6.61 Å². The summed E-state index contributed by atoms with van der Waals surface area (Å²) in [6.45, 7) is 4.14. The minimum absolute atomic E-state index is 0.708. The number of methoxy groups -OCH3 is 1. The van der Waals surface area contributed by atoms with Gasteiger partial charge in [-0.15, -0.1) is 0 Å². The summed E-state index contributed by atoms with van der Waals surface area (Å²) in [5, 5.41) is 0. The van der Waals surface area contributed by atoms with Crippen molar-refractivity contribution < 1.29 is 9.30 Å². The van der Waals surface area contributed by atoms with Crippen LogP contribution in [0.25, 0.3) is 0 Å². The lowest BCUT2D eigenvalue weighted by Gasteiger charge is -2.03. The Balaban J connectivity index is 1.83. The van der Waals surface area contributed by atoms with Gasteiger partial charge in [0.25, 0.3) is 0 Å². The highest BCUT2D eigenvalue weighted by molar-refractivity contribution is 5.05. The molecule has 2 nitrogen and oxygen atoms in total. The standard InChI is InChI=1S/C23H42NO/c1-3-4-5-6-7-8-9-10-11-12-13-14-15-16-19-24-20-17-23(18-21-24)22-25-2/h17-18,20-21H,3-16,19,22H2,1-2H3/q+1. The van der Waals surface area contributed by atoms with E-state index in [1.54, 1.807) is 7.11 Å². The van der Waals surface area contributed by atoms with Crippen LogP contribution < -0.4 is 4.57 Å². The maximum atomic E-state index is 5.15. The van der Waals surface area contributed by atoms with Crippen molar-refractivity contribution in [1.29, 1.82) is 0 Å². The molecule has 0 aliphatic carbocycles. The minimum atomic E-state index is 0.708. The van der Waals surface area contributed by atoms with Crippen molar-refractivity contribution in [2.45, 2.75) is 110 Å². The molecule has 0 amide bonds. The molecule has 1 aromatic rings. The summed E-state index contributed by atoms with van der Waals surface area (Å²) in [4.78, 5) is 0. The van der Waals surface area contributed by atoms with Crippen LogP contribution in [-0.2, 0) is 17.9 Å². The van der Waals surface area contributed by atoms with E-state index < -0.39 is 0 Å². The van der Waals surface area contributed by atoms with Gasteiger partial charge < -0.3 is 4.74 Å². The fourth-order valence-corrected chi connectivity index (χ4v) is 3.39. The van der Waals surface area contributed by atoms with Gasteiger partial charge in [-0.3, -0.25) is 0 Å². The van der Waals surface area contributed by atoms with E-state index in [1.165, 1.54) is 95.5 Å². The monoisotopic (exact) mass is 348 g/mol. The molecule has 0 aliphatic rings. The second-order valence-corrected chi connectivity index (χ2v) is 7.47. The van der Waals surface area contributed by atoms with Crippen LogP contribution in [0.3, 0.4) is 0 Å². The lowest BCUT2D eigenvalue weighted by molar-refractivity contribution is -0.697. The Morgan fingerprint density at radius 3 is 1.56 bits per heavy atom. The van der Waals surface area contributed by atoms with Crippen molar-refractivity contribution in [2.24, 2.45) is 0 Å². The van der Waals surface area contributed by atoms with Crippen LogP contribution in [-0.4, -0.2) is 7.11 Å². The Labute approximate surface area is 157 Å². The van der Waals surface area contributed by atoms with Crippen LogP contribution in [0.2, 0.25) is 0 Å². The van der Waals surface area contributed by atoms with Gasteiger partial charge in [0.15, 0.2) is 12.4 Å². The molecule has 0 unspecified atom stereocenters. The van der Waals surface area contributed by atoms with Gasteiger partial charge >= 0.3 is 0 Å². The molecule has 1 rings (SSSR count). The molecule has 0 aromatic carbocycles. The van der Waals surface area contributed by atoms with E-state index >= 15 is 0 Å². The molecule has 25 heavy (non-hydrogen) atoms. The molecular weight excluding hydrogens is 306 g/mol. The number of unbranched alkanes of at least 4 members (excludes halogenated alkanes) is 13. The van der Waals surface area contributed by atoms with E-state index in [9.17, 15) is 0 Å². The van der Waals surface area contributed by atoms with Gasteiger partial charge in [0.2, 0.25) is 0 Å². The molecule has 0 bridgehead atoms. The first-order chi connectivity index (χ1) is 12.4. The highest BCUT2D eigenvalue weighted by Gasteiger charge is 2.01. The number of ether oxygens (including phenoxy) is 1. The largest absolute Gasteiger partial charge is 0.380 e. The summed E-state index contributed by atoms with van der Waals surface area (Å²) >= 11 is 0. The van der Waals surface area contributed by atoms with E-state index in [-0.39, 0.29) is 0 Å². The zero-order chi connectivity index (χ0) is 18.0. The smallest absolute Gasteiger partial charge is 0.169 e. The molecule has 0 saturated carbocycles. The predicted molar refractivity (Wildman–Crippen MR) is 108 cm³/mol. The molecule has 0 N–H and O–H groups in total. The van der Waals surface area contributed by atoms with Crippen molar-refractivity contribution in [2.75, 3.05) is 7.11 Å². The predicted octanol–water partition coefficient (Wildman–Crippen LogP) is 6.60. The van der Waals surface area contributed by atoms with Crippen LogP contribution in [0.15, 0.2) is 24.5 Å². The zero-order valence-electron chi connectivity index (χ0n) is 17.0. The number of nitrogens with zero attached hydrogens (tertiary/aromatic N) is 1. The summed E-state index contributed by atoms with van der Waals surface area (Å²) in [6, 6.07) is 4.32. The SMILES string of the molecule is CCCCCCCCCCCCCCCC[n+]1ccc(COC)cc1. The fraction of sp³-hybridized carbons (Fsp3) is 0.783. The van der Waals surface area contributed by atoms with E-state index in [2.05, 4.69) is 36.0 Å². The highest BCUT2D eigenvalue weighted by Crippen LogP contribution is 2.12. The molecule has 0 radical (unpaired) electrons. The van der Waals surface area contributed by atoms with Gasteiger partial charge in [-0.25, -0.2) is 4.57 Å². The number of aromatic nitrogens is 1. The fourth-order valence-electron chi connectivity index (χ4n) is 3.39. The topological polar surface area (TPSA) is 13.1 Å². The molecule has 144 valence electrons. The maximum Gasteiger partial charge on any atom is 0.169 e. The molecule has 0 atom stereocenters. The van der Waals surface area contributed by atoms with Crippen LogP contribution in [0.1, 0.15) is 102 Å². The molecule has 0 fully saturated rings. The summed E-state index contributed by atoms with van der Waals surface area (Å²) < 4.78 is 7.44. The Hall–Kier alpha value is -0.890. The number of rotatable bonds is 17. The molecule has 0 aliphatic heterocycles. The van der Waals surface area contributed by atoms with E-state index in [1.807, 2.05) is 0 Å². The van der Waals surface area contributed by atoms with Crippen LogP contribution in [0, 0.1) is 0 Å². The number of aryl methyl sites for hydroxylation is 1. The second-order valence-electron chi connectivity index (χ2n) is 7.47. The average molecular weight is 349 g/mol. The maximum absolute atomic E-state index is 5.15. The van der Waals surface area contributed by atoms with Gasteiger partial charge in [-0.05, 0) is 12.0 Å². The summed E-state index contributed by atoms with van der Waals surface area (Å²) in [5.41, 5.74) is 1.25. The van der Waals surface area contributed by atoms with E-state index in [4.69, 9.17) is 4.74 Å². The minimum Gasteiger partial charge on any atom is -0.380 e. The third kappa shape index (κ3) is 13.0. The summed E-state index contributed by atoms with van der Waals surface area (Å²) in [6.07, 6.45) is 24.3. The average Bonchev–Trinajstić information content (AvgIpc) is 2.63. The second kappa shape index (κ2) is 16.6. The van der Waals surface area contributed by atoms with E-state index in [0.717, 1.165) is 6.54 Å². The first kappa shape index (κ1) is 22.2. The Kier molecular flexibility index (Phi) is 14.7. The van der Waals surface area contributed by atoms with Gasteiger partial charge in [0.1, 0.15) is 6.54 Å². The number of hydrogen-bond donors (Lipinski definition) is 0. The summed E-state index contributed by atoms with van der Waals surface area (Å²) in [7, 11) is 1.75. The van der Waals surface area contributed by atoms with Crippen molar-refractivity contribution in [3.05, 3.63) is 30.1 Å². The Morgan fingerprint density at radius 1 is 0.680 bits per heavy atom. The Morgan fingerprint density at radius 2 is 1.12 bits per heavy atom. The zero-order valence-corrected chi connectivity index (χ0v) is 17.0. The van der Waals surface area contributed by atoms with Crippen molar-refractivity contribution in [1.82, 2.24) is 0 Å². The van der Waals surface area contributed by atoms with Gasteiger partial charge in [-0.1, -0.05) is 84.0 Å². The Bertz CT molecular complexity index is 388. The number of pyridine rings is 1. The van der Waals surface area contributed by atoms with Crippen molar-refractivity contribution >= 4 is 0 Å². The molecule has 0 spiro atoms. The lowest BCUT2D eigenvalue weighted by Crippen LogP contribution is -2.32. The van der Waals surface area contributed by atoms with Gasteiger partial charge in [-0.2, -0.15) is 0 Å². The first-order valence-electron chi connectivity index (χ1n) is 10.8. The first-order valence-corrected chi connectivity index (χ1v) is 10.8. The third-order valence-corrected chi connectivity index (χ3v) is 5.04. The van der Waals surface area contributed by atoms with Gasteiger partial charge in [0, 0.05) is 25.7 Å². The molecular formula is C23H42NO+. The number of hydrogen-bond acceptors (Lipinski definition) is 1. The third-order valence-electron chi connectivity index (χ3n) is 5.04. The molecule has 2 heteroatoms. The van der Waals surface area contributed by atoms with Crippen LogP contribution in [0.5, 0.6) is 0 Å². The van der Waals surface area contributed by atoms with Crippen LogP contribution in [0.4, 0.5) is 0 Å². The molecule has 1 heterocycles. The van der Waals surface area contributed by atoms with Crippen LogP contribution >= 0.6 is 0 Å². The molecule has 0 saturated heterocycles.